The van der Waals surface area contributed by atoms with Crippen LogP contribution in [0.3, 0.4) is 0 Å². The van der Waals surface area contributed by atoms with E-state index in [0.29, 0.717) is 5.69 Å². The Hall–Kier alpha value is -2.94. The minimum absolute atomic E-state index is 0.114. The van der Waals surface area contributed by atoms with Crippen molar-refractivity contribution in [3.63, 3.8) is 0 Å². The van der Waals surface area contributed by atoms with Gasteiger partial charge in [-0.2, -0.15) is 14.6 Å². The van der Waals surface area contributed by atoms with Crippen LogP contribution >= 0.6 is 0 Å². The maximum Gasteiger partial charge on any atom is 0.304 e. The Bertz CT molecular complexity index is 946. The quantitative estimate of drug-likeness (QED) is 0.184. The molecule has 0 bridgehead atoms. The molecule has 1 fully saturated rings. The number of hydrogen-bond acceptors (Lipinski definition) is 6. The van der Waals surface area contributed by atoms with Crippen molar-refractivity contribution in [2.75, 3.05) is 37.6 Å². The fourth-order valence-corrected chi connectivity index (χ4v) is 3.79. The number of nitro benzene ring substituents is 1. The summed E-state index contributed by atoms with van der Waals surface area (Å²) in [7, 11) is 0. The van der Waals surface area contributed by atoms with Gasteiger partial charge in [-0.25, -0.2) is 4.39 Å². The van der Waals surface area contributed by atoms with Gasteiger partial charge < -0.3 is 4.90 Å². The Morgan fingerprint density at radius 1 is 0.906 bits per heavy atom. The van der Waals surface area contributed by atoms with Crippen LogP contribution in [-0.4, -0.2) is 42.5 Å². The van der Waals surface area contributed by atoms with E-state index in [4.69, 9.17) is 0 Å². The normalized spacial score (nSPS) is 14.9. The van der Waals surface area contributed by atoms with Gasteiger partial charge in [-0.3, -0.25) is 15.0 Å². The molecule has 172 valence electrons. The van der Waals surface area contributed by atoms with Gasteiger partial charge in [0.25, 0.3) is 0 Å². The van der Waals surface area contributed by atoms with Crippen molar-refractivity contribution in [1.82, 2.24) is 4.90 Å². The third kappa shape index (κ3) is 6.53. The maximum absolute atomic E-state index is 14.7. The Kier molecular flexibility index (Phi) is 8.61. The average Bonchev–Trinajstić information content (AvgIpc) is 2.78. The molecule has 7 nitrogen and oxygen atoms in total. The zero-order chi connectivity index (χ0) is 22.9. The van der Waals surface area contributed by atoms with E-state index >= 15 is 0 Å². The molecule has 1 saturated heterocycles. The summed E-state index contributed by atoms with van der Waals surface area (Å²) in [4.78, 5) is 14.3. The fraction of sp³-hybridized carbons (Fsp3) is 0.478. The molecule has 0 unspecified atom stereocenters. The lowest BCUT2D eigenvalue weighted by molar-refractivity contribution is -0.387. The number of piperazine rings is 1. The van der Waals surface area contributed by atoms with Crippen LogP contribution in [0.15, 0.2) is 46.6 Å². The van der Waals surface area contributed by atoms with Crippen molar-refractivity contribution in [2.24, 2.45) is 10.2 Å². The SMILES string of the molecule is CCCCCCCN1CCN(c2ccc(N=Nc3ccc([N+](=O)[O-])c(F)c3)cc2F)CC1. The third-order valence-electron chi connectivity index (χ3n) is 5.63. The highest BCUT2D eigenvalue weighted by Gasteiger charge is 2.19. The molecule has 0 radical (unpaired) electrons. The van der Waals surface area contributed by atoms with E-state index in [-0.39, 0.29) is 17.2 Å². The van der Waals surface area contributed by atoms with E-state index in [1.807, 2.05) is 4.90 Å². The fourth-order valence-electron chi connectivity index (χ4n) is 3.79. The first-order valence-corrected chi connectivity index (χ1v) is 11.1. The first kappa shape index (κ1) is 23.7. The van der Waals surface area contributed by atoms with Gasteiger partial charge in [0, 0.05) is 44.4 Å². The van der Waals surface area contributed by atoms with E-state index in [9.17, 15) is 18.9 Å². The lowest BCUT2D eigenvalue weighted by atomic mass is 10.1. The van der Waals surface area contributed by atoms with Crippen molar-refractivity contribution in [2.45, 2.75) is 39.0 Å². The molecule has 9 heteroatoms. The van der Waals surface area contributed by atoms with Gasteiger partial charge in [0.1, 0.15) is 5.82 Å². The molecule has 0 atom stereocenters. The summed E-state index contributed by atoms with van der Waals surface area (Å²) < 4.78 is 28.4. The molecule has 3 rings (SSSR count). The topological polar surface area (TPSA) is 74.3 Å². The summed E-state index contributed by atoms with van der Waals surface area (Å²) in [5, 5.41) is 18.5. The molecule has 0 amide bonds. The minimum atomic E-state index is -0.993. The third-order valence-corrected chi connectivity index (χ3v) is 5.63. The van der Waals surface area contributed by atoms with Crippen LogP contribution in [0, 0.1) is 21.7 Å². The zero-order valence-corrected chi connectivity index (χ0v) is 18.3. The number of hydrogen-bond donors (Lipinski definition) is 0. The van der Waals surface area contributed by atoms with Gasteiger partial charge >= 0.3 is 5.69 Å². The number of unbranched alkanes of at least 4 members (excludes halogenated alkanes) is 4. The van der Waals surface area contributed by atoms with Gasteiger partial charge in [0.05, 0.1) is 22.0 Å². The standard InChI is InChI=1S/C23H29F2N5O2/c1-2-3-4-5-6-11-28-12-14-29(15-13-28)22-9-7-18(16-20(22)24)26-27-19-8-10-23(30(31)32)21(25)17-19/h7-10,16-17H,2-6,11-15H2,1H3. The summed E-state index contributed by atoms with van der Waals surface area (Å²) >= 11 is 0. The minimum Gasteiger partial charge on any atom is -0.367 e. The van der Waals surface area contributed by atoms with E-state index in [1.54, 1.807) is 12.1 Å². The number of nitrogens with zero attached hydrogens (tertiary/aromatic N) is 5. The van der Waals surface area contributed by atoms with Gasteiger partial charge in [-0.05, 0) is 31.2 Å². The van der Waals surface area contributed by atoms with Crippen LogP contribution in [-0.2, 0) is 0 Å². The Balaban J connectivity index is 1.54. The second kappa shape index (κ2) is 11.6. The molecule has 1 aliphatic heterocycles. The van der Waals surface area contributed by atoms with Gasteiger partial charge in [-0.1, -0.05) is 32.6 Å². The van der Waals surface area contributed by atoms with Crippen LogP contribution in [0.4, 0.5) is 31.5 Å². The smallest absolute Gasteiger partial charge is 0.304 e. The first-order valence-electron chi connectivity index (χ1n) is 11.1. The molecule has 1 aliphatic rings. The van der Waals surface area contributed by atoms with Gasteiger partial charge in [0.15, 0.2) is 0 Å². The highest BCUT2D eigenvalue weighted by molar-refractivity contribution is 5.55. The number of anilines is 1. The van der Waals surface area contributed by atoms with Crippen LogP contribution < -0.4 is 4.90 Å². The average molecular weight is 446 g/mol. The van der Waals surface area contributed by atoms with Crippen LogP contribution in [0.1, 0.15) is 39.0 Å². The second-order valence-electron chi connectivity index (χ2n) is 7.97. The molecule has 0 aromatic heterocycles. The number of azo groups is 1. The Morgan fingerprint density at radius 2 is 1.53 bits per heavy atom. The predicted octanol–water partition coefficient (Wildman–Crippen LogP) is 6.38. The molecule has 2 aromatic carbocycles. The van der Waals surface area contributed by atoms with Crippen LogP contribution in [0.5, 0.6) is 0 Å². The molecule has 32 heavy (non-hydrogen) atoms. The highest BCUT2D eigenvalue weighted by Crippen LogP contribution is 2.28. The summed E-state index contributed by atoms with van der Waals surface area (Å²) in [5.41, 5.74) is 0.308. The number of benzene rings is 2. The molecule has 2 aromatic rings. The Labute approximate surface area is 186 Å². The van der Waals surface area contributed by atoms with Crippen molar-refractivity contribution in [3.05, 3.63) is 58.1 Å². The molecule has 0 aliphatic carbocycles. The van der Waals surface area contributed by atoms with E-state index in [2.05, 4.69) is 22.1 Å². The predicted molar refractivity (Wildman–Crippen MR) is 121 cm³/mol. The molecule has 0 N–H and O–H groups in total. The lowest BCUT2D eigenvalue weighted by Gasteiger charge is -2.36. The van der Waals surface area contributed by atoms with Crippen molar-refractivity contribution in [3.8, 4) is 0 Å². The molecule has 0 saturated carbocycles. The first-order chi connectivity index (χ1) is 15.5. The van der Waals surface area contributed by atoms with Crippen LogP contribution in [0.25, 0.3) is 0 Å². The second-order valence-corrected chi connectivity index (χ2v) is 7.97. The van der Waals surface area contributed by atoms with Crippen molar-refractivity contribution >= 4 is 22.7 Å². The number of nitro groups is 1. The molecular formula is C23H29F2N5O2. The molecule has 1 heterocycles. The van der Waals surface area contributed by atoms with Crippen molar-refractivity contribution < 1.29 is 13.7 Å². The van der Waals surface area contributed by atoms with Crippen LogP contribution in [0.2, 0.25) is 0 Å². The van der Waals surface area contributed by atoms with Crippen molar-refractivity contribution in [1.29, 1.82) is 0 Å². The molecule has 0 spiro atoms. The van der Waals surface area contributed by atoms with Gasteiger partial charge in [0.2, 0.25) is 5.82 Å². The summed E-state index contributed by atoms with van der Waals surface area (Å²) in [6.45, 7) is 6.70. The summed E-state index contributed by atoms with van der Waals surface area (Å²) in [6.07, 6.45) is 6.33. The highest BCUT2D eigenvalue weighted by atomic mass is 19.1. The van der Waals surface area contributed by atoms with E-state index in [0.717, 1.165) is 44.9 Å². The number of halogens is 2. The largest absolute Gasteiger partial charge is 0.367 e. The molecular weight excluding hydrogens is 416 g/mol. The lowest BCUT2D eigenvalue weighted by Crippen LogP contribution is -2.46. The maximum atomic E-state index is 14.7. The van der Waals surface area contributed by atoms with E-state index < -0.39 is 16.4 Å². The monoisotopic (exact) mass is 445 g/mol. The van der Waals surface area contributed by atoms with E-state index in [1.165, 1.54) is 44.2 Å². The summed E-state index contributed by atoms with van der Waals surface area (Å²) in [6, 6.07) is 7.87. The summed E-state index contributed by atoms with van der Waals surface area (Å²) in [5.74, 6) is -1.38. The number of rotatable bonds is 10. The van der Waals surface area contributed by atoms with Gasteiger partial charge in [-0.15, -0.1) is 0 Å². The zero-order valence-electron chi connectivity index (χ0n) is 18.3. The Morgan fingerprint density at radius 3 is 2.12 bits per heavy atom.